The summed E-state index contributed by atoms with van der Waals surface area (Å²) in [6.07, 6.45) is 2.62. The lowest BCUT2D eigenvalue weighted by Crippen LogP contribution is -2.52. The van der Waals surface area contributed by atoms with Crippen molar-refractivity contribution in [1.29, 1.82) is 0 Å². The average Bonchev–Trinajstić information content (AvgIpc) is 2.84. The lowest BCUT2D eigenvalue weighted by atomic mass is 10.0. The third-order valence-electron chi connectivity index (χ3n) is 5.39. The van der Waals surface area contributed by atoms with Gasteiger partial charge in [-0.15, -0.1) is 0 Å². The zero-order chi connectivity index (χ0) is 24.9. The van der Waals surface area contributed by atoms with Crippen molar-refractivity contribution < 1.29 is 19.1 Å². The molecule has 1 atom stereocenters. The number of fused-ring (bicyclic) bond motifs is 1. The first kappa shape index (κ1) is 24.3. The van der Waals surface area contributed by atoms with Gasteiger partial charge in [-0.2, -0.15) is 0 Å². The molecule has 178 valence electrons. The van der Waals surface area contributed by atoms with Gasteiger partial charge in [0.25, 0.3) is 5.91 Å². The van der Waals surface area contributed by atoms with Crippen LogP contribution in [0.3, 0.4) is 0 Å². The number of hydrogen-bond acceptors (Lipinski definition) is 4. The second-order valence-corrected chi connectivity index (χ2v) is 8.55. The number of nitrogens with one attached hydrogen (secondary N) is 2. The van der Waals surface area contributed by atoms with Gasteiger partial charge in [0.1, 0.15) is 11.8 Å². The summed E-state index contributed by atoms with van der Waals surface area (Å²) in [7, 11) is 1.55. The summed E-state index contributed by atoms with van der Waals surface area (Å²) in [6, 6.07) is 17.6. The summed E-state index contributed by atoms with van der Waals surface area (Å²) in [5, 5.41) is 6.39. The van der Waals surface area contributed by atoms with Crippen LogP contribution >= 0.6 is 23.2 Å². The van der Waals surface area contributed by atoms with Gasteiger partial charge in [0.2, 0.25) is 11.8 Å². The van der Waals surface area contributed by atoms with Crippen molar-refractivity contribution in [3.8, 4) is 5.75 Å². The van der Waals surface area contributed by atoms with Crippen LogP contribution in [0, 0.1) is 0 Å². The van der Waals surface area contributed by atoms with E-state index in [0.29, 0.717) is 38.4 Å². The summed E-state index contributed by atoms with van der Waals surface area (Å²) >= 11 is 12.2. The van der Waals surface area contributed by atoms with Crippen molar-refractivity contribution in [3.63, 3.8) is 0 Å². The van der Waals surface area contributed by atoms with Gasteiger partial charge < -0.3 is 15.4 Å². The van der Waals surface area contributed by atoms with Crippen molar-refractivity contribution in [3.05, 3.63) is 88.4 Å². The molecular formula is C26H21Cl2N3O4. The van der Waals surface area contributed by atoms with E-state index < -0.39 is 23.8 Å². The zero-order valence-corrected chi connectivity index (χ0v) is 20.1. The second kappa shape index (κ2) is 10.6. The Kier molecular flexibility index (Phi) is 7.39. The van der Waals surface area contributed by atoms with Gasteiger partial charge in [-0.3, -0.25) is 19.3 Å². The molecule has 3 aromatic carbocycles. The Balaban J connectivity index is 1.59. The number of carbonyl (C=O) groups excluding carboxylic acids is 3. The topological polar surface area (TPSA) is 87.7 Å². The van der Waals surface area contributed by atoms with E-state index in [2.05, 4.69) is 10.6 Å². The molecule has 0 saturated carbocycles. The first-order valence-electron chi connectivity index (χ1n) is 10.7. The van der Waals surface area contributed by atoms with Crippen LogP contribution in [0.1, 0.15) is 12.0 Å². The lowest BCUT2D eigenvalue weighted by Gasteiger charge is -2.35. The molecule has 1 unspecified atom stereocenters. The Morgan fingerprint density at radius 3 is 2.54 bits per heavy atom. The third kappa shape index (κ3) is 5.65. The highest BCUT2D eigenvalue weighted by Gasteiger charge is 2.37. The minimum atomic E-state index is -1.05. The van der Waals surface area contributed by atoms with Crippen LogP contribution in [-0.4, -0.2) is 30.9 Å². The van der Waals surface area contributed by atoms with Crippen LogP contribution in [0.4, 0.5) is 17.1 Å². The van der Waals surface area contributed by atoms with Crippen LogP contribution < -0.4 is 20.3 Å². The molecule has 9 heteroatoms. The van der Waals surface area contributed by atoms with Gasteiger partial charge in [0.05, 0.1) is 24.9 Å². The molecule has 1 aliphatic heterocycles. The van der Waals surface area contributed by atoms with Crippen LogP contribution in [0.25, 0.3) is 6.08 Å². The highest BCUT2D eigenvalue weighted by molar-refractivity contribution is 6.35. The van der Waals surface area contributed by atoms with Crippen LogP contribution in [0.5, 0.6) is 5.75 Å². The second-order valence-electron chi connectivity index (χ2n) is 7.71. The average molecular weight is 510 g/mol. The molecule has 0 bridgehead atoms. The predicted molar refractivity (Wildman–Crippen MR) is 138 cm³/mol. The fourth-order valence-electron chi connectivity index (χ4n) is 3.69. The Bertz CT molecular complexity index is 1310. The fourth-order valence-corrected chi connectivity index (χ4v) is 4.16. The maximum absolute atomic E-state index is 13.3. The third-order valence-corrected chi connectivity index (χ3v) is 5.96. The van der Waals surface area contributed by atoms with E-state index in [0.717, 1.165) is 0 Å². The van der Waals surface area contributed by atoms with Crippen molar-refractivity contribution >= 4 is 64.1 Å². The summed E-state index contributed by atoms with van der Waals surface area (Å²) in [4.78, 5) is 40.4. The summed E-state index contributed by atoms with van der Waals surface area (Å²) in [5.74, 6) is -0.701. The van der Waals surface area contributed by atoms with Gasteiger partial charge in [0.15, 0.2) is 0 Å². The van der Waals surface area contributed by atoms with Gasteiger partial charge in [-0.25, -0.2) is 0 Å². The van der Waals surface area contributed by atoms with E-state index in [1.807, 2.05) is 0 Å². The summed E-state index contributed by atoms with van der Waals surface area (Å²) in [6.45, 7) is 0. The van der Waals surface area contributed by atoms with Gasteiger partial charge in [-0.1, -0.05) is 41.4 Å². The van der Waals surface area contributed by atoms with E-state index >= 15 is 0 Å². The largest absolute Gasteiger partial charge is 0.497 e. The molecule has 35 heavy (non-hydrogen) atoms. The Labute approximate surface area is 212 Å². The number of ether oxygens (including phenoxy) is 1. The molecule has 0 radical (unpaired) electrons. The van der Waals surface area contributed by atoms with Crippen molar-refractivity contribution in [2.24, 2.45) is 0 Å². The van der Waals surface area contributed by atoms with Crippen molar-refractivity contribution in [1.82, 2.24) is 0 Å². The highest BCUT2D eigenvalue weighted by Crippen LogP contribution is 2.33. The predicted octanol–water partition coefficient (Wildman–Crippen LogP) is 5.40. The minimum absolute atomic E-state index is 0.243. The molecule has 3 aromatic rings. The van der Waals surface area contributed by atoms with E-state index in [4.69, 9.17) is 27.9 Å². The van der Waals surface area contributed by atoms with E-state index in [-0.39, 0.29) is 6.42 Å². The molecule has 0 saturated heterocycles. The number of nitrogens with zero attached hydrogens (tertiary/aromatic N) is 1. The van der Waals surface area contributed by atoms with Crippen LogP contribution in [0.15, 0.2) is 72.8 Å². The number of carbonyl (C=O) groups is 3. The maximum Gasteiger partial charge on any atom is 0.251 e. The fraction of sp³-hybridized carbons (Fsp3) is 0.115. The molecule has 0 spiro atoms. The Morgan fingerprint density at radius 2 is 1.83 bits per heavy atom. The number of para-hydroxylation sites is 2. The number of methoxy groups -OCH3 is 1. The molecule has 1 heterocycles. The van der Waals surface area contributed by atoms with Gasteiger partial charge >= 0.3 is 0 Å². The SMILES string of the molecule is COc1ccc(NC(=O)CC2C(=O)Nc3ccccc3N2C(=O)C=Cc2ccc(Cl)cc2Cl)cc1. The first-order valence-corrected chi connectivity index (χ1v) is 11.4. The minimum Gasteiger partial charge on any atom is -0.497 e. The van der Waals surface area contributed by atoms with Crippen LogP contribution in [0.2, 0.25) is 10.0 Å². The smallest absolute Gasteiger partial charge is 0.251 e. The normalized spacial score (nSPS) is 14.9. The number of anilines is 3. The number of hydrogen-bond donors (Lipinski definition) is 2. The molecular weight excluding hydrogens is 489 g/mol. The highest BCUT2D eigenvalue weighted by atomic mass is 35.5. The number of halogens is 2. The molecule has 0 fully saturated rings. The number of benzene rings is 3. The molecule has 7 nitrogen and oxygen atoms in total. The monoisotopic (exact) mass is 509 g/mol. The summed E-state index contributed by atoms with van der Waals surface area (Å²) in [5.41, 5.74) is 2.11. The Hall–Kier alpha value is -3.81. The maximum atomic E-state index is 13.3. The van der Waals surface area contributed by atoms with Gasteiger partial charge in [0, 0.05) is 21.8 Å². The summed E-state index contributed by atoms with van der Waals surface area (Å²) < 4.78 is 5.12. The number of amides is 3. The molecule has 1 aliphatic rings. The molecule has 4 rings (SSSR count). The van der Waals surface area contributed by atoms with Crippen LogP contribution in [-0.2, 0) is 14.4 Å². The standard InChI is InChI=1S/C26H21Cl2N3O4/c1-35-19-11-9-18(10-12-19)29-24(32)15-23-26(34)30-21-4-2-3-5-22(21)31(23)25(33)13-7-16-6-8-17(27)14-20(16)28/h2-14,23H,15H2,1H3,(H,29,32)(H,30,34). The van der Waals surface area contributed by atoms with Gasteiger partial charge in [-0.05, 0) is 60.2 Å². The van der Waals surface area contributed by atoms with Crippen molar-refractivity contribution in [2.45, 2.75) is 12.5 Å². The Morgan fingerprint density at radius 1 is 1.09 bits per heavy atom. The molecule has 0 aliphatic carbocycles. The quantitative estimate of drug-likeness (QED) is 0.435. The van der Waals surface area contributed by atoms with E-state index in [1.165, 1.54) is 11.0 Å². The first-order chi connectivity index (χ1) is 16.9. The lowest BCUT2D eigenvalue weighted by molar-refractivity contribution is -0.124. The molecule has 0 aromatic heterocycles. The molecule has 3 amide bonds. The van der Waals surface area contributed by atoms with E-state index in [9.17, 15) is 14.4 Å². The van der Waals surface area contributed by atoms with E-state index in [1.54, 1.807) is 79.9 Å². The van der Waals surface area contributed by atoms with Crippen molar-refractivity contribution in [2.75, 3.05) is 22.6 Å². The number of rotatable bonds is 6. The molecule has 2 N–H and O–H groups in total. The zero-order valence-electron chi connectivity index (χ0n) is 18.6.